The SMILES string of the molecule is O=C(O)c1ccc(C(=O)O)c(Oc2cccc(C#Cc3ccc4ccccc4c3)c2)c1. The van der Waals surface area contributed by atoms with Crippen molar-refractivity contribution in [1.29, 1.82) is 0 Å². The number of benzene rings is 4. The van der Waals surface area contributed by atoms with Gasteiger partial charge in [0.1, 0.15) is 17.1 Å². The number of fused-ring (bicyclic) bond motifs is 1. The number of hydrogen-bond donors (Lipinski definition) is 2. The van der Waals surface area contributed by atoms with Crippen LogP contribution in [0, 0.1) is 11.8 Å². The average molecular weight is 408 g/mol. The largest absolute Gasteiger partial charge is 0.478 e. The molecule has 4 rings (SSSR count). The standard InChI is InChI=1S/C26H16O5/c27-25(28)21-12-13-23(26(29)30)24(16-21)31-22-7-3-4-17(15-22)8-9-18-10-11-19-5-1-2-6-20(19)14-18/h1-7,10-16H,(H,27,28)(H,29,30). The van der Waals surface area contributed by atoms with Crippen molar-refractivity contribution in [3.63, 3.8) is 0 Å². The van der Waals surface area contributed by atoms with Gasteiger partial charge in [-0.1, -0.05) is 48.2 Å². The van der Waals surface area contributed by atoms with Crippen LogP contribution in [-0.4, -0.2) is 22.2 Å². The summed E-state index contributed by atoms with van der Waals surface area (Å²) >= 11 is 0. The van der Waals surface area contributed by atoms with E-state index < -0.39 is 11.9 Å². The highest BCUT2D eigenvalue weighted by atomic mass is 16.5. The fraction of sp³-hybridized carbons (Fsp3) is 0. The lowest BCUT2D eigenvalue weighted by Gasteiger charge is -2.10. The zero-order valence-corrected chi connectivity index (χ0v) is 16.2. The van der Waals surface area contributed by atoms with E-state index in [9.17, 15) is 19.8 Å². The minimum absolute atomic E-state index is 0.0490. The lowest BCUT2D eigenvalue weighted by atomic mass is 10.1. The van der Waals surface area contributed by atoms with E-state index in [0.29, 0.717) is 11.3 Å². The fourth-order valence-electron chi connectivity index (χ4n) is 3.09. The Labute approximate surface area is 178 Å². The highest BCUT2D eigenvalue weighted by Gasteiger charge is 2.15. The normalized spacial score (nSPS) is 10.2. The smallest absolute Gasteiger partial charge is 0.339 e. The predicted molar refractivity (Wildman–Crippen MR) is 117 cm³/mol. The molecule has 0 aromatic heterocycles. The molecule has 0 saturated heterocycles. The minimum atomic E-state index is -1.21. The monoisotopic (exact) mass is 408 g/mol. The molecule has 4 aromatic rings. The minimum Gasteiger partial charge on any atom is -0.478 e. The second kappa shape index (κ2) is 8.44. The Morgan fingerprint density at radius 3 is 2.16 bits per heavy atom. The molecule has 150 valence electrons. The summed E-state index contributed by atoms with van der Waals surface area (Å²) in [4.78, 5) is 22.7. The van der Waals surface area contributed by atoms with Gasteiger partial charge >= 0.3 is 11.9 Å². The summed E-state index contributed by atoms with van der Waals surface area (Å²) in [7, 11) is 0. The van der Waals surface area contributed by atoms with E-state index in [-0.39, 0.29) is 16.9 Å². The van der Waals surface area contributed by atoms with Crippen LogP contribution in [-0.2, 0) is 0 Å². The summed E-state index contributed by atoms with van der Waals surface area (Å²) in [5, 5.41) is 20.8. The van der Waals surface area contributed by atoms with Crippen LogP contribution >= 0.6 is 0 Å². The Bertz CT molecular complexity index is 1380. The van der Waals surface area contributed by atoms with Crippen LogP contribution in [0.4, 0.5) is 0 Å². The molecular formula is C26H16O5. The number of carboxylic acids is 2. The lowest BCUT2D eigenvalue weighted by Crippen LogP contribution is -2.03. The van der Waals surface area contributed by atoms with Crippen LogP contribution in [0.15, 0.2) is 84.9 Å². The van der Waals surface area contributed by atoms with Gasteiger partial charge in [-0.25, -0.2) is 9.59 Å². The first-order valence-electron chi connectivity index (χ1n) is 9.39. The van der Waals surface area contributed by atoms with Gasteiger partial charge in [-0.2, -0.15) is 0 Å². The number of hydrogen-bond acceptors (Lipinski definition) is 3. The molecule has 0 heterocycles. The maximum Gasteiger partial charge on any atom is 0.339 e. The molecule has 0 saturated carbocycles. The summed E-state index contributed by atoms with van der Waals surface area (Å²) in [5.74, 6) is 4.13. The first kappa shape index (κ1) is 19.7. The second-order valence-corrected chi connectivity index (χ2v) is 6.76. The Morgan fingerprint density at radius 2 is 1.42 bits per heavy atom. The molecule has 31 heavy (non-hydrogen) atoms. The maximum absolute atomic E-state index is 11.5. The number of carboxylic acid groups (broad SMARTS) is 2. The van der Waals surface area contributed by atoms with Crippen molar-refractivity contribution in [2.45, 2.75) is 0 Å². The Kier molecular flexibility index (Phi) is 5.37. The Hall–Kier alpha value is -4.56. The summed E-state index contributed by atoms with van der Waals surface area (Å²) in [6.45, 7) is 0. The highest BCUT2D eigenvalue weighted by Crippen LogP contribution is 2.27. The van der Waals surface area contributed by atoms with Crippen molar-refractivity contribution >= 4 is 22.7 Å². The molecule has 5 heteroatoms. The quantitative estimate of drug-likeness (QED) is 0.440. The van der Waals surface area contributed by atoms with Gasteiger partial charge in [0.15, 0.2) is 0 Å². The molecule has 0 radical (unpaired) electrons. The third-order valence-electron chi connectivity index (χ3n) is 4.62. The van der Waals surface area contributed by atoms with Gasteiger partial charge < -0.3 is 14.9 Å². The molecule has 4 aromatic carbocycles. The van der Waals surface area contributed by atoms with E-state index in [4.69, 9.17) is 4.74 Å². The Balaban J connectivity index is 1.62. The summed E-state index contributed by atoms with van der Waals surface area (Å²) in [6, 6.07) is 24.5. The van der Waals surface area contributed by atoms with Crippen LogP contribution in [0.3, 0.4) is 0 Å². The zero-order valence-electron chi connectivity index (χ0n) is 16.2. The van der Waals surface area contributed by atoms with Gasteiger partial charge in [0.25, 0.3) is 0 Å². The lowest BCUT2D eigenvalue weighted by molar-refractivity contribution is 0.0678. The Morgan fingerprint density at radius 1 is 0.677 bits per heavy atom. The third-order valence-corrected chi connectivity index (χ3v) is 4.62. The molecule has 0 atom stereocenters. The summed E-state index contributed by atoms with van der Waals surface area (Å²) < 4.78 is 5.70. The topological polar surface area (TPSA) is 83.8 Å². The first-order valence-corrected chi connectivity index (χ1v) is 9.39. The van der Waals surface area contributed by atoms with E-state index in [1.54, 1.807) is 18.2 Å². The fourth-order valence-corrected chi connectivity index (χ4v) is 3.09. The number of carbonyl (C=O) groups is 2. The van der Waals surface area contributed by atoms with Crippen molar-refractivity contribution in [2.75, 3.05) is 0 Å². The van der Waals surface area contributed by atoms with Crippen LogP contribution in [0.2, 0.25) is 0 Å². The molecule has 0 bridgehead atoms. The average Bonchev–Trinajstić information content (AvgIpc) is 2.77. The van der Waals surface area contributed by atoms with Gasteiger partial charge in [-0.3, -0.25) is 0 Å². The van der Waals surface area contributed by atoms with Gasteiger partial charge in [-0.15, -0.1) is 0 Å². The van der Waals surface area contributed by atoms with Crippen LogP contribution in [0.1, 0.15) is 31.8 Å². The highest BCUT2D eigenvalue weighted by molar-refractivity contribution is 5.94. The summed E-state index contributed by atoms with van der Waals surface area (Å²) in [5.41, 5.74) is 1.36. The molecule has 0 aliphatic heterocycles. The van der Waals surface area contributed by atoms with E-state index >= 15 is 0 Å². The molecule has 0 fully saturated rings. The molecule has 0 spiro atoms. The predicted octanol–water partition coefficient (Wildman–Crippen LogP) is 5.43. The van der Waals surface area contributed by atoms with Crippen molar-refractivity contribution in [3.05, 3.63) is 107 Å². The van der Waals surface area contributed by atoms with Crippen LogP contribution in [0.25, 0.3) is 10.8 Å². The molecular weight excluding hydrogens is 392 g/mol. The van der Waals surface area contributed by atoms with E-state index in [2.05, 4.69) is 11.8 Å². The van der Waals surface area contributed by atoms with E-state index in [1.165, 1.54) is 18.2 Å². The van der Waals surface area contributed by atoms with Crippen molar-refractivity contribution in [1.82, 2.24) is 0 Å². The molecule has 0 amide bonds. The van der Waals surface area contributed by atoms with Crippen LogP contribution < -0.4 is 4.74 Å². The second-order valence-electron chi connectivity index (χ2n) is 6.76. The molecule has 0 aliphatic carbocycles. The van der Waals surface area contributed by atoms with Crippen LogP contribution in [0.5, 0.6) is 11.5 Å². The molecule has 0 aliphatic rings. The van der Waals surface area contributed by atoms with Crippen molar-refractivity contribution in [2.24, 2.45) is 0 Å². The van der Waals surface area contributed by atoms with E-state index in [0.717, 1.165) is 16.3 Å². The van der Waals surface area contributed by atoms with Gasteiger partial charge in [0, 0.05) is 11.1 Å². The molecule has 2 N–H and O–H groups in total. The zero-order chi connectivity index (χ0) is 21.8. The number of aromatic carboxylic acids is 2. The number of ether oxygens (including phenoxy) is 1. The van der Waals surface area contributed by atoms with Crippen molar-refractivity contribution < 1.29 is 24.5 Å². The first-order chi connectivity index (χ1) is 15.0. The van der Waals surface area contributed by atoms with Gasteiger partial charge in [0.2, 0.25) is 0 Å². The van der Waals surface area contributed by atoms with Gasteiger partial charge in [0.05, 0.1) is 5.56 Å². The van der Waals surface area contributed by atoms with Gasteiger partial charge in [-0.05, 0) is 59.3 Å². The summed E-state index contributed by atoms with van der Waals surface area (Å²) in [6.07, 6.45) is 0. The third kappa shape index (κ3) is 4.55. The molecule has 5 nitrogen and oxygen atoms in total. The number of rotatable bonds is 4. The van der Waals surface area contributed by atoms with Crippen molar-refractivity contribution in [3.8, 4) is 23.3 Å². The maximum atomic E-state index is 11.5. The molecule has 0 unspecified atom stereocenters. The van der Waals surface area contributed by atoms with E-state index in [1.807, 2.05) is 48.5 Å².